The molecule has 18 heavy (non-hydrogen) atoms. The number of aliphatic hydroxyl groups is 1. The molecule has 0 spiro atoms. The molecule has 0 saturated heterocycles. The zero-order chi connectivity index (χ0) is 13.4. The van der Waals surface area contributed by atoms with Crippen molar-refractivity contribution in [2.45, 2.75) is 33.4 Å². The number of aliphatic hydroxyl groups excluding tert-OH is 1. The minimum atomic E-state index is -1.47. The second-order valence-electron chi connectivity index (χ2n) is 4.45. The lowest BCUT2D eigenvalue weighted by Crippen LogP contribution is -2.12. The summed E-state index contributed by atoms with van der Waals surface area (Å²) < 4.78 is 2.03. The molecule has 0 aliphatic rings. The first-order valence-corrected chi connectivity index (χ1v) is 5.98. The van der Waals surface area contributed by atoms with Gasteiger partial charge in [0.15, 0.2) is 6.10 Å². The van der Waals surface area contributed by atoms with Crippen LogP contribution < -0.4 is 0 Å². The van der Waals surface area contributed by atoms with Crippen molar-refractivity contribution in [3.63, 3.8) is 0 Å². The number of carboxylic acid groups (broad SMARTS) is 1. The van der Waals surface area contributed by atoms with Gasteiger partial charge in [0.25, 0.3) is 0 Å². The van der Waals surface area contributed by atoms with Crippen LogP contribution in [0.1, 0.15) is 29.8 Å². The highest BCUT2D eigenvalue weighted by Crippen LogP contribution is 2.33. The first-order valence-electron chi connectivity index (χ1n) is 5.98. The Kier molecular flexibility index (Phi) is 3.13. The SMILES string of the molecule is CCn1c(C)c(C(O)C(=O)O)c2c(C)cccc21. The van der Waals surface area contributed by atoms with Gasteiger partial charge in [-0.3, -0.25) is 0 Å². The normalized spacial score (nSPS) is 12.9. The predicted molar refractivity (Wildman–Crippen MR) is 69.7 cm³/mol. The fourth-order valence-electron chi connectivity index (χ4n) is 2.60. The molecule has 1 atom stereocenters. The number of carbonyl (C=O) groups is 1. The molecule has 1 aromatic carbocycles. The number of fused-ring (bicyclic) bond motifs is 1. The second-order valence-corrected chi connectivity index (χ2v) is 4.45. The molecule has 96 valence electrons. The third kappa shape index (κ3) is 1.69. The molecule has 4 heteroatoms. The van der Waals surface area contributed by atoms with Crippen molar-refractivity contribution in [3.05, 3.63) is 35.0 Å². The summed E-state index contributed by atoms with van der Waals surface area (Å²) in [6, 6.07) is 5.83. The summed E-state index contributed by atoms with van der Waals surface area (Å²) in [6.07, 6.45) is -1.47. The molecule has 2 aromatic rings. The van der Waals surface area contributed by atoms with Crippen molar-refractivity contribution in [2.75, 3.05) is 0 Å². The monoisotopic (exact) mass is 247 g/mol. The number of benzene rings is 1. The van der Waals surface area contributed by atoms with Crippen LogP contribution >= 0.6 is 0 Å². The average molecular weight is 247 g/mol. The fourth-order valence-corrected chi connectivity index (χ4v) is 2.60. The number of aromatic nitrogens is 1. The Morgan fingerprint density at radius 2 is 2.06 bits per heavy atom. The van der Waals surface area contributed by atoms with Gasteiger partial charge in [0.1, 0.15) is 0 Å². The van der Waals surface area contributed by atoms with Crippen LogP contribution in [-0.2, 0) is 11.3 Å². The molecule has 0 bridgehead atoms. The molecular weight excluding hydrogens is 230 g/mol. The average Bonchev–Trinajstić information content (AvgIpc) is 2.61. The Balaban J connectivity index is 2.87. The van der Waals surface area contributed by atoms with Gasteiger partial charge in [0.2, 0.25) is 0 Å². The van der Waals surface area contributed by atoms with Crippen LogP contribution in [-0.4, -0.2) is 20.7 Å². The summed E-state index contributed by atoms with van der Waals surface area (Å²) in [6.45, 7) is 6.54. The minimum Gasteiger partial charge on any atom is -0.479 e. The minimum absolute atomic E-state index is 0.512. The van der Waals surface area contributed by atoms with Crippen molar-refractivity contribution in [1.29, 1.82) is 0 Å². The highest BCUT2D eigenvalue weighted by molar-refractivity contribution is 5.92. The number of rotatable bonds is 3. The molecule has 0 radical (unpaired) electrons. The van der Waals surface area contributed by atoms with Crippen molar-refractivity contribution in [1.82, 2.24) is 4.57 Å². The maximum Gasteiger partial charge on any atom is 0.337 e. The zero-order valence-corrected chi connectivity index (χ0v) is 10.8. The second kappa shape index (κ2) is 4.46. The van der Waals surface area contributed by atoms with Crippen LogP contribution in [0.2, 0.25) is 0 Å². The number of carboxylic acids is 1. The highest BCUT2D eigenvalue weighted by Gasteiger charge is 2.25. The molecule has 1 heterocycles. The summed E-state index contributed by atoms with van der Waals surface area (Å²) in [5, 5.41) is 19.8. The number of nitrogens with zero attached hydrogens (tertiary/aromatic N) is 1. The number of aliphatic carboxylic acids is 1. The van der Waals surface area contributed by atoms with Gasteiger partial charge in [0.05, 0.1) is 0 Å². The molecule has 0 aliphatic carbocycles. The number of aryl methyl sites for hydroxylation is 2. The van der Waals surface area contributed by atoms with E-state index >= 15 is 0 Å². The smallest absolute Gasteiger partial charge is 0.337 e. The summed E-state index contributed by atoms with van der Waals surface area (Å²) >= 11 is 0. The first kappa shape index (κ1) is 12.6. The number of hydrogen-bond acceptors (Lipinski definition) is 2. The van der Waals surface area contributed by atoms with E-state index in [2.05, 4.69) is 0 Å². The van der Waals surface area contributed by atoms with Gasteiger partial charge in [-0.05, 0) is 32.4 Å². The lowest BCUT2D eigenvalue weighted by atomic mass is 10.0. The van der Waals surface area contributed by atoms with E-state index < -0.39 is 12.1 Å². The lowest BCUT2D eigenvalue weighted by molar-refractivity contribution is -0.146. The van der Waals surface area contributed by atoms with Crippen LogP contribution in [0, 0.1) is 13.8 Å². The van der Waals surface area contributed by atoms with Crippen LogP contribution in [0.5, 0.6) is 0 Å². The maximum atomic E-state index is 11.0. The Labute approximate surface area is 105 Å². The van der Waals surface area contributed by atoms with Crippen LogP contribution in [0.3, 0.4) is 0 Å². The van der Waals surface area contributed by atoms with Gasteiger partial charge < -0.3 is 14.8 Å². The standard InChI is InChI=1S/C14H17NO3/c1-4-15-9(3)12(13(16)14(17)18)11-8(2)6-5-7-10(11)15/h5-7,13,16H,4H2,1-3H3,(H,17,18). The van der Waals surface area contributed by atoms with E-state index in [0.29, 0.717) is 5.56 Å². The zero-order valence-electron chi connectivity index (χ0n) is 10.8. The van der Waals surface area contributed by atoms with E-state index in [4.69, 9.17) is 5.11 Å². The van der Waals surface area contributed by atoms with Crippen molar-refractivity contribution >= 4 is 16.9 Å². The Bertz CT molecular complexity index is 613. The summed E-state index contributed by atoms with van der Waals surface area (Å²) in [5.41, 5.74) is 3.29. The van der Waals surface area contributed by atoms with Gasteiger partial charge in [-0.15, -0.1) is 0 Å². The molecule has 0 fully saturated rings. The largest absolute Gasteiger partial charge is 0.479 e. The van der Waals surface area contributed by atoms with Gasteiger partial charge in [-0.2, -0.15) is 0 Å². The molecule has 0 aliphatic heterocycles. The Hall–Kier alpha value is -1.81. The molecule has 0 saturated carbocycles. The lowest BCUT2D eigenvalue weighted by Gasteiger charge is -2.08. The van der Waals surface area contributed by atoms with Crippen LogP contribution in [0.25, 0.3) is 10.9 Å². The molecule has 0 amide bonds. The third-order valence-electron chi connectivity index (χ3n) is 3.43. The van der Waals surface area contributed by atoms with Gasteiger partial charge >= 0.3 is 5.97 Å². The molecule has 1 unspecified atom stereocenters. The number of hydrogen-bond donors (Lipinski definition) is 2. The first-order chi connectivity index (χ1) is 8.49. The summed E-state index contributed by atoms with van der Waals surface area (Å²) in [4.78, 5) is 11.0. The van der Waals surface area contributed by atoms with E-state index in [0.717, 1.165) is 28.7 Å². The third-order valence-corrected chi connectivity index (χ3v) is 3.43. The predicted octanol–water partition coefficient (Wildman–Crippen LogP) is 2.40. The molecule has 2 rings (SSSR count). The van der Waals surface area contributed by atoms with Crippen molar-refractivity contribution in [3.8, 4) is 0 Å². The Morgan fingerprint density at radius 1 is 1.39 bits per heavy atom. The topological polar surface area (TPSA) is 62.5 Å². The molecule has 4 nitrogen and oxygen atoms in total. The molecule has 1 aromatic heterocycles. The van der Waals surface area contributed by atoms with E-state index in [1.807, 2.05) is 43.5 Å². The van der Waals surface area contributed by atoms with E-state index in [9.17, 15) is 9.90 Å². The van der Waals surface area contributed by atoms with Crippen LogP contribution in [0.4, 0.5) is 0 Å². The maximum absolute atomic E-state index is 11.0. The Morgan fingerprint density at radius 3 is 2.61 bits per heavy atom. The van der Waals surface area contributed by atoms with E-state index in [-0.39, 0.29) is 0 Å². The molecule has 2 N–H and O–H groups in total. The molecular formula is C14H17NO3. The summed E-state index contributed by atoms with van der Waals surface area (Å²) in [7, 11) is 0. The van der Waals surface area contributed by atoms with E-state index in [1.165, 1.54) is 0 Å². The fraction of sp³-hybridized carbons (Fsp3) is 0.357. The highest BCUT2D eigenvalue weighted by atomic mass is 16.4. The van der Waals surface area contributed by atoms with E-state index in [1.54, 1.807) is 0 Å². The van der Waals surface area contributed by atoms with Crippen molar-refractivity contribution in [2.24, 2.45) is 0 Å². The quantitative estimate of drug-likeness (QED) is 0.875. The summed E-state index contributed by atoms with van der Waals surface area (Å²) in [5.74, 6) is -1.21. The van der Waals surface area contributed by atoms with Crippen LogP contribution in [0.15, 0.2) is 18.2 Å². The van der Waals surface area contributed by atoms with Gasteiger partial charge in [0, 0.05) is 28.7 Å². The van der Waals surface area contributed by atoms with Gasteiger partial charge in [-0.1, -0.05) is 12.1 Å². The van der Waals surface area contributed by atoms with Gasteiger partial charge in [-0.25, -0.2) is 4.79 Å². The van der Waals surface area contributed by atoms with Crippen molar-refractivity contribution < 1.29 is 15.0 Å².